The van der Waals surface area contributed by atoms with Crippen molar-refractivity contribution in [3.63, 3.8) is 0 Å². The standard InChI is InChI=1S/C15H25N3/c1-3-17-14-5-4-6-15(14)18(2)12-9-13-7-10-16-11-8-13/h7-8,10-11,14-15,17H,3-6,9,12H2,1-2H3. The number of nitrogens with zero attached hydrogens (tertiary/aromatic N) is 2. The molecule has 3 heteroatoms. The van der Waals surface area contributed by atoms with Gasteiger partial charge in [-0.25, -0.2) is 0 Å². The van der Waals surface area contributed by atoms with E-state index < -0.39 is 0 Å². The number of nitrogens with one attached hydrogen (secondary N) is 1. The van der Waals surface area contributed by atoms with E-state index in [0.717, 1.165) is 19.5 Å². The molecule has 1 N–H and O–H groups in total. The maximum Gasteiger partial charge on any atom is 0.0270 e. The number of rotatable bonds is 6. The molecule has 0 aliphatic heterocycles. The second-order valence-electron chi connectivity index (χ2n) is 5.25. The van der Waals surface area contributed by atoms with Crippen LogP contribution in [0.4, 0.5) is 0 Å². The van der Waals surface area contributed by atoms with Crippen LogP contribution in [0.25, 0.3) is 0 Å². The van der Waals surface area contributed by atoms with Gasteiger partial charge in [-0.1, -0.05) is 13.3 Å². The van der Waals surface area contributed by atoms with E-state index in [0.29, 0.717) is 12.1 Å². The molecule has 1 heterocycles. The largest absolute Gasteiger partial charge is 0.313 e. The van der Waals surface area contributed by atoms with Gasteiger partial charge >= 0.3 is 0 Å². The lowest BCUT2D eigenvalue weighted by atomic mass is 10.1. The molecule has 100 valence electrons. The van der Waals surface area contributed by atoms with Crippen LogP contribution in [0.15, 0.2) is 24.5 Å². The molecule has 1 aliphatic carbocycles. The Morgan fingerprint density at radius 3 is 2.83 bits per heavy atom. The van der Waals surface area contributed by atoms with E-state index in [1.54, 1.807) is 0 Å². The average Bonchev–Trinajstić information content (AvgIpc) is 2.86. The highest BCUT2D eigenvalue weighted by Crippen LogP contribution is 2.23. The molecule has 1 aromatic rings. The van der Waals surface area contributed by atoms with Crippen LogP contribution in [0.2, 0.25) is 0 Å². The first-order valence-electron chi connectivity index (χ1n) is 7.13. The van der Waals surface area contributed by atoms with Crippen molar-refractivity contribution in [1.29, 1.82) is 0 Å². The first-order valence-corrected chi connectivity index (χ1v) is 7.13. The molecule has 1 aliphatic rings. The first-order chi connectivity index (χ1) is 8.81. The van der Waals surface area contributed by atoms with Crippen LogP contribution in [0.5, 0.6) is 0 Å². The quantitative estimate of drug-likeness (QED) is 0.834. The van der Waals surface area contributed by atoms with E-state index in [2.05, 4.69) is 41.3 Å². The third-order valence-electron chi connectivity index (χ3n) is 4.01. The molecule has 3 nitrogen and oxygen atoms in total. The summed E-state index contributed by atoms with van der Waals surface area (Å²) in [5.74, 6) is 0. The fraction of sp³-hybridized carbons (Fsp3) is 0.667. The summed E-state index contributed by atoms with van der Waals surface area (Å²) < 4.78 is 0. The molecule has 2 rings (SSSR count). The molecule has 0 spiro atoms. The lowest BCUT2D eigenvalue weighted by Gasteiger charge is -2.30. The fourth-order valence-electron chi connectivity index (χ4n) is 2.99. The van der Waals surface area contributed by atoms with Gasteiger partial charge in [-0.05, 0) is 50.6 Å². The Labute approximate surface area is 111 Å². The summed E-state index contributed by atoms with van der Waals surface area (Å²) in [6.07, 6.45) is 8.91. The molecular weight excluding hydrogens is 222 g/mol. The summed E-state index contributed by atoms with van der Waals surface area (Å²) in [5, 5.41) is 3.62. The molecule has 18 heavy (non-hydrogen) atoms. The Bertz CT molecular complexity index is 339. The van der Waals surface area contributed by atoms with Gasteiger partial charge in [-0.3, -0.25) is 4.98 Å². The Hall–Kier alpha value is -0.930. The van der Waals surface area contributed by atoms with Crippen LogP contribution in [0.3, 0.4) is 0 Å². The van der Waals surface area contributed by atoms with Crippen LogP contribution >= 0.6 is 0 Å². The van der Waals surface area contributed by atoms with Gasteiger partial charge in [0.25, 0.3) is 0 Å². The van der Waals surface area contributed by atoms with Crippen molar-refractivity contribution in [3.05, 3.63) is 30.1 Å². The SMILES string of the molecule is CCNC1CCCC1N(C)CCc1ccncc1. The van der Waals surface area contributed by atoms with Gasteiger partial charge in [0.2, 0.25) is 0 Å². The summed E-state index contributed by atoms with van der Waals surface area (Å²) in [4.78, 5) is 6.59. The molecule has 2 unspecified atom stereocenters. The van der Waals surface area contributed by atoms with Crippen molar-refractivity contribution in [2.45, 2.75) is 44.7 Å². The normalized spacial score (nSPS) is 23.7. The van der Waals surface area contributed by atoms with E-state index in [4.69, 9.17) is 0 Å². The number of hydrogen-bond acceptors (Lipinski definition) is 3. The number of aromatic nitrogens is 1. The van der Waals surface area contributed by atoms with Gasteiger partial charge in [-0.15, -0.1) is 0 Å². The first kappa shape index (κ1) is 13.5. The summed E-state index contributed by atoms with van der Waals surface area (Å²) >= 11 is 0. The maximum atomic E-state index is 4.06. The van der Waals surface area contributed by atoms with Crippen LogP contribution in [0.1, 0.15) is 31.7 Å². The molecule has 1 saturated carbocycles. The monoisotopic (exact) mass is 247 g/mol. The van der Waals surface area contributed by atoms with Crippen molar-refractivity contribution in [1.82, 2.24) is 15.2 Å². The zero-order valence-electron chi connectivity index (χ0n) is 11.6. The van der Waals surface area contributed by atoms with Crippen LogP contribution in [-0.2, 0) is 6.42 Å². The van der Waals surface area contributed by atoms with Crippen molar-refractivity contribution in [2.24, 2.45) is 0 Å². The third-order valence-corrected chi connectivity index (χ3v) is 4.01. The lowest BCUT2D eigenvalue weighted by Crippen LogP contribution is -2.45. The van der Waals surface area contributed by atoms with Crippen molar-refractivity contribution < 1.29 is 0 Å². The van der Waals surface area contributed by atoms with Crippen LogP contribution in [0, 0.1) is 0 Å². The van der Waals surface area contributed by atoms with Gasteiger partial charge in [0, 0.05) is 31.0 Å². The molecule has 0 radical (unpaired) electrons. The molecule has 1 aromatic heterocycles. The molecule has 2 atom stereocenters. The lowest BCUT2D eigenvalue weighted by molar-refractivity contribution is 0.215. The Morgan fingerprint density at radius 2 is 2.11 bits per heavy atom. The van der Waals surface area contributed by atoms with Crippen molar-refractivity contribution >= 4 is 0 Å². The summed E-state index contributed by atoms with van der Waals surface area (Å²) in [6.45, 7) is 4.42. The molecule has 1 fully saturated rings. The van der Waals surface area contributed by atoms with E-state index in [1.165, 1.54) is 24.8 Å². The molecule has 0 saturated heterocycles. The van der Waals surface area contributed by atoms with Gasteiger partial charge in [-0.2, -0.15) is 0 Å². The highest BCUT2D eigenvalue weighted by molar-refractivity contribution is 5.10. The predicted octanol–water partition coefficient (Wildman–Crippen LogP) is 2.09. The highest BCUT2D eigenvalue weighted by Gasteiger charge is 2.29. The maximum absolute atomic E-state index is 4.06. The summed E-state index contributed by atoms with van der Waals surface area (Å²) in [6, 6.07) is 5.64. The van der Waals surface area contributed by atoms with Crippen LogP contribution < -0.4 is 5.32 Å². The second kappa shape index (κ2) is 6.86. The summed E-state index contributed by atoms with van der Waals surface area (Å²) in [7, 11) is 2.27. The Kier molecular flexibility index (Phi) is 5.14. The van der Waals surface area contributed by atoms with Crippen molar-refractivity contribution in [2.75, 3.05) is 20.1 Å². The van der Waals surface area contributed by atoms with E-state index in [9.17, 15) is 0 Å². The minimum atomic E-state index is 0.692. The minimum Gasteiger partial charge on any atom is -0.313 e. The number of hydrogen-bond donors (Lipinski definition) is 1. The molecule has 0 amide bonds. The van der Waals surface area contributed by atoms with E-state index in [-0.39, 0.29) is 0 Å². The Morgan fingerprint density at radius 1 is 1.33 bits per heavy atom. The van der Waals surface area contributed by atoms with Gasteiger partial charge in [0.15, 0.2) is 0 Å². The van der Waals surface area contributed by atoms with Crippen LogP contribution in [-0.4, -0.2) is 42.1 Å². The van der Waals surface area contributed by atoms with Gasteiger partial charge in [0.05, 0.1) is 0 Å². The van der Waals surface area contributed by atoms with E-state index in [1.807, 2.05) is 12.4 Å². The molecule has 0 aromatic carbocycles. The predicted molar refractivity (Wildman–Crippen MR) is 75.7 cm³/mol. The highest BCUT2D eigenvalue weighted by atomic mass is 15.2. The van der Waals surface area contributed by atoms with Crippen molar-refractivity contribution in [3.8, 4) is 0 Å². The molecule has 0 bridgehead atoms. The Balaban J connectivity index is 1.82. The smallest absolute Gasteiger partial charge is 0.0270 e. The van der Waals surface area contributed by atoms with Gasteiger partial charge in [0.1, 0.15) is 0 Å². The minimum absolute atomic E-state index is 0.692. The number of pyridine rings is 1. The summed E-state index contributed by atoms with van der Waals surface area (Å²) in [5.41, 5.74) is 1.38. The fourth-order valence-corrected chi connectivity index (χ4v) is 2.99. The average molecular weight is 247 g/mol. The zero-order chi connectivity index (χ0) is 12.8. The zero-order valence-corrected chi connectivity index (χ0v) is 11.6. The third kappa shape index (κ3) is 3.53. The topological polar surface area (TPSA) is 28.2 Å². The second-order valence-corrected chi connectivity index (χ2v) is 5.25. The van der Waals surface area contributed by atoms with E-state index >= 15 is 0 Å². The molecular formula is C15H25N3. The number of likely N-dealkylation sites (N-methyl/N-ethyl adjacent to an activating group) is 2. The van der Waals surface area contributed by atoms with Gasteiger partial charge < -0.3 is 10.2 Å².